The highest BCUT2D eigenvalue weighted by Crippen LogP contribution is 2.41. The van der Waals surface area contributed by atoms with Gasteiger partial charge in [0.2, 0.25) is 0 Å². The Morgan fingerprint density at radius 1 is 1.14 bits per heavy atom. The van der Waals surface area contributed by atoms with Crippen molar-refractivity contribution in [1.82, 2.24) is 16.0 Å². The van der Waals surface area contributed by atoms with Crippen LogP contribution in [0, 0.1) is 5.41 Å². The van der Waals surface area contributed by atoms with Gasteiger partial charge in [0.1, 0.15) is 5.75 Å². The molecule has 0 aliphatic carbocycles. The summed E-state index contributed by atoms with van der Waals surface area (Å²) in [5.41, 5.74) is 2.80. The van der Waals surface area contributed by atoms with Crippen molar-refractivity contribution < 1.29 is 14.3 Å². The zero-order valence-electron chi connectivity index (χ0n) is 15.7. The first-order valence-corrected chi connectivity index (χ1v) is 8.86. The van der Waals surface area contributed by atoms with Crippen LogP contribution in [0.2, 0.25) is 0 Å². The standard InChI is InChI=1S/C21H22N4O3/c1-23-11-15(10-22)25-20(26)14-8-16-18(13-6-4-3-5-7-13)12-28-19(16)17(9-14)21(27)24-2/h3-11,18,22-23H,12H2,1-2H3,(H,24,27)(H,25,26)/b15-11+,22-10?. The van der Waals surface area contributed by atoms with Crippen molar-refractivity contribution in [3.63, 3.8) is 0 Å². The van der Waals surface area contributed by atoms with Gasteiger partial charge >= 0.3 is 0 Å². The van der Waals surface area contributed by atoms with E-state index in [0.717, 1.165) is 17.3 Å². The summed E-state index contributed by atoms with van der Waals surface area (Å²) in [5, 5.41) is 15.4. The van der Waals surface area contributed by atoms with Gasteiger partial charge in [0, 0.05) is 43.6 Å². The summed E-state index contributed by atoms with van der Waals surface area (Å²) < 4.78 is 5.85. The quantitative estimate of drug-likeness (QED) is 0.577. The Morgan fingerprint density at radius 3 is 2.54 bits per heavy atom. The first kappa shape index (κ1) is 19.2. The summed E-state index contributed by atoms with van der Waals surface area (Å²) in [7, 11) is 3.21. The monoisotopic (exact) mass is 378 g/mol. The van der Waals surface area contributed by atoms with Gasteiger partial charge in [0.25, 0.3) is 11.8 Å². The molecule has 7 nitrogen and oxygen atoms in total. The number of hydrogen-bond donors (Lipinski definition) is 4. The third kappa shape index (κ3) is 3.73. The lowest BCUT2D eigenvalue weighted by atomic mass is 9.90. The zero-order chi connectivity index (χ0) is 20.1. The van der Waals surface area contributed by atoms with Gasteiger partial charge in [0.15, 0.2) is 0 Å². The molecule has 7 heteroatoms. The highest BCUT2D eigenvalue weighted by molar-refractivity contribution is 6.03. The minimum atomic E-state index is -0.406. The molecule has 144 valence electrons. The third-order valence-electron chi connectivity index (χ3n) is 4.54. The van der Waals surface area contributed by atoms with Crippen LogP contribution in [-0.4, -0.2) is 38.7 Å². The van der Waals surface area contributed by atoms with Crippen LogP contribution in [0.4, 0.5) is 0 Å². The minimum Gasteiger partial charge on any atom is -0.491 e. The number of hydrogen-bond acceptors (Lipinski definition) is 5. The summed E-state index contributed by atoms with van der Waals surface area (Å²) in [6, 6.07) is 13.1. The molecular weight excluding hydrogens is 356 g/mol. The second-order valence-electron chi connectivity index (χ2n) is 6.28. The van der Waals surface area contributed by atoms with Crippen LogP contribution in [-0.2, 0) is 0 Å². The molecule has 2 aromatic carbocycles. The fourth-order valence-electron chi connectivity index (χ4n) is 3.20. The van der Waals surface area contributed by atoms with E-state index < -0.39 is 5.91 Å². The van der Waals surface area contributed by atoms with Crippen LogP contribution in [0.5, 0.6) is 5.75 Å². The number of nitrogens with one attached hydrogen (secondary N) is 4. The van der Waals surface area contributed by atoms with Gasteiger partial charge in [-0.3, -0.25) is 9.59 Å². The second kappa shape index (κ2) is 8.39. The number of ether oxygens (including phenoxy) is 1. The molecule has 2 aromatic rings. The van der Waals surface area contributed by atoms with Gasteiger partial charge in [-0.25, -0.2) is 0 Å². The van der Waals surface area contributed by atoms with Crippen molar-refractivity contribution in [2.24, 2.45) is 0 Å². The summed E-state index contributed by atoms with van der Waals surface area (Å²) in [6.07, 6.45) is 2.55. The smallest absolute Gasteiger partial charge is 0.255 e. The van der Waals surface area contributed by atoms with Gasteiger partial charge in [-0.2, -0.15) is 0 Å². The molecule has 0 bridgehead atoms. The van der Waals surface area contributed by atoms with Crippen LogP contribution in [0.1, 0.15) is 37.8 Å². The van der Waals surface area contributed by atoms with Gasteiger partial charge in [-0.05, 0) is 17.7 Å². The first-order chi connectivity index (χ1) is 13.6. The molecule has 1 aliphatic rings. The summed E-state index contributed by atoms with van der Waals surface area (Å²) >= 11 is 0. The summed E-state index contributed by atoms with van der Waals surface area (Å²) in [5.74, 6) is -0.292. The molecule has 4 N–H and O–H groups in total. The van der Waals surface area contributed by atoms with Gasteiger partial charge in [-0.1, -0.05) is 30.3 Å². The molecule has 1 heterocycles. The van der Waals surface area contributed by atoms with Crippen LogP contribution in [0.25, 0.3) is 0 Å². The summed E-state index contributed by atoms with van der Waals surface area (Å²) in [6.45, 7) is 0.403. The van der Waals surface area contributed by atoms with E-state index in [2.05, 4.69) is 16.0 Å². The zero-order valence-corrected chi connectivity index (χ0v) is 15.7. The average molecular weight is 378 g/mol. The topological polar surface area (TPSA) is 103 Å². The Labute approximate surface area is 163 Å². The fraction of sp³-hybridized carbons (Fsp3) is 0.190. The molecule has 1 atom stereocenters. The highest BCUT2D eigenvalue weighted by atomic mass is 16.5. The molecule has 0 aromatic heterocycles. The number of carbonyl (C=O) groups is 2. The Hall–Kier alpha value is -3.61. The predicted octanol–water partition coefficient (Wildman–Crippen LogP) is 2.01. The number of carbonyl (C=O) groups excluding carboxylic acids is 2. The third-order valence-corrected chi connectivity index (χ3v) is 4.54. The lowest BCUT2D eigenvalue weighted by Crippen LogP contribution is -2.26. The van der Waals surface area contributed by atoms with E-state index in [0.29, 0.717) is 29.2 Å². The van der Waals surface area contributed by atoms with Gasteiger partial charge in [0.05, 0.1) is 17.9 Å². The van der Waals surface area contributed by atoms with Crippen molar-refractivity contribution in [2.45, 2.75) is 5.92 Å². The molecule has 0 spiro atoms. The van der Waals surface area contributed by atoms with E-state index in [1.54, 1.807) is 13.1 Å². The summed E-state index contributed by atoms with van der Waals surface area (Å²) in [4.78, 5) is 25.1. The van der Waals surface area contributed by atoms with E-state index in [4.69, 9.17) is 10.1 Å². The van der Waals surface area contributed by atoms with Crippen LogP contribution in [0.15, 0.2) is 54.4 Å². The number of fused-ring (bicyclic) bond motifs is 1. The van der Waals surface area contributed by atoms with Crippen molar-refractivity contribution in [2.75, 3.05) is 20.7 Å². The molecule has 3 rings (SSSR count). The molecule has 2 amide bonds. The van der Waals surface area contributed by atoms with E-state index in [9.17, 15) is 9.59 Å². The van der Waals surface area contributed by atoms with Crippen molar-refractivity contribution in [3.05, 3.63) is 76.6 Å². The van der Waals surface area contributed by atoms with E-state index >= 15 is 0 Å². The molecule has 1 aliphatic heterocycles. The largest absolute Gasteiger partial charge is 0.491 e. The number of rotatable bonds is 6. The molecule has 0 saturated carbocycles. The Morgan fingerprint density at radius 2 is 1.89 bits per heavy atom. The van der Waals surface area contributed by atoms with E-state index in [-0.39, 0.29) is 11.8 Å². The molecule has 0 radical (unpaired) electrons. The van der Waals surface area contributed by atoms with Crippen LogP contribution in [0.3, 0.4) is 0 Å². The van der Waals surface area contributed by atoms with E-state index in [1.807, 2.05) is 30.3 Å². The molecule has 28 heavy (non-hydrogen) atoms. The van der Waals surface area contributed by atoms with Crippen molar-refractivity contribution in [3.8, 4) is 5.75 Å². The maximum atomic E-state index is 12.7. The highest BCUT2D eigenvalue weighted by Gasteiger charge is 2.31. The normalized spacial score (nSPS) is 15.2. The van der Waals surface area contributed by atoms with Gasteiger partial charge in [-0.15, -0.1) is 0 Å². The predicted molar refractivity (Wildman–Crippen MR) is 107 cm³/mol. The Kier molecular flexibility index (Phi) is 5.74. The second-order valence-corrected chi connectivity index (χ2v) is 6.28. The van der Waals surface area contributed by atoms with Crippen LogP contribution < -0.4 is 20.7 Å². The molecule has 1 unspecified atom stereocenters. The Balaban J connectivity index is 2.05. The SMILES string of the molecule is CN/C=C(\C=N)NC(=O)c1cc(C(=O)NC)c2c(c1)C(c1ccccc1)CO2. The minimum absolute atomic E-state index is 0.0672. The van der Waals surface area contributed by atoms with Crippen molar-refractivity contribution in [1.29, 1.82) is 5.41 Å². The van der Waals surface area contributed by atoms with Gasteiger partial charge < -0.3 is 26.1 Å². The number of allylic oxidation sites excluding steroid dienone is 1. The number of amides is 2. The lowest BCUT2D eigenvalue weighted by molar-refractivity contribution is 0.0960. The van der Waals surface area contributed by atoms with Crippen molar-refractivity contribution >= 4 is 18.0 Å². The molecular formula is C21H22N4O3. The molecule has 0 fully saturated rings. The maximum Gasteiger partial charge on any atom is 0.255 e. The molecule has 0 saturated heterocycles. The lowest BCUT2D eigenvalue weighted by Gasteiger charge is -2.13. The Bertz CT molecular complexity index is 938. The first-order valence-electron chi connectivity index (χ1n) is 8.86. The number of benzene rings is 2. The fourth-order valence-corrected chi connectivity index (χ4v) is 3.20. The maximum absolute atomic E-state index is 12.7. The van der Waals surface area contributed by atoms with Crippen LogP contribution >= 0.6 is 0 Å². The average Bonchev–Trinajstić information content (AvgIpc) is 3.16. The van der Waals surface area contributed by atoms with E-state index in [1.165, 1.54) is 19.3 Å².